The molecule has 0 saturated heterocycles. The molecule has 2 atom stereocenters. The van der Waals surface area contributed by atoms with E-state index in [1.165, 1.54) is 7.11 Å². The number of fused-ring (bicyclic) bond motifs is 1. The topological polar surface area (TPSA) is 106 Å². The van der Waals surface area contributed by atoms with E-state index in [0.717, 1.165) is 5.56 Å². The number of hydrogen-bond donors (Lipinski definition) is 3. The first-order chi connectivity index (χ1) is 16.4. The van der Waals surface area contributed by atoms with Gasteiger partial charge in [-0.2, -0.15) is 0 Å². The zero-order valence-corrected chi connectivity index (χ0v) is 21.5. The molecule has 0 radical (unpaired) electrons. The fourth-order valence-electron chi connectivity index (χ4n) is 4.01. The molecule has 0 aromatic heterocycles. The van der Waals surface area contributed by atoms with Gasteiger partial charge in [-0.05, 0) is 38.5 Å². The lowest BCUT2D eigenvalue weighted by atomic mass is 9.82. The lowest BCUT2D eigenvalue weighted by Crippen LogP contribution is -2.59. The largest absolute Gasteiger partial charge is 0.467 e. The zero-order valence-electron chi connectivity index (χ0n) is 20.0. The second-order valence-corrected chi connectivity index (χ2v) is 10.2. The molecule has 8 nitrogen and oxygen atoms in total. The van der Waals surface area contributed by atoms with Gasteiger partial charge in [0.25, 0.3) is 0 Å². The van der Waals surface area contributed by atoms with E-state index in [1.54, 1.807) is 32.9 Å². The molecule has 35 heavy (non-hydrogen) atoms. The summed E-state index contributed by atoms with van der Waals surface area (Å²) in [6, 6.07) is 11.8. The number of rotatable bonds is 6. The Morgan fingerprint density at radius 3 is 2.46 bits per heavy atom. The predicted octanol–water partition coefficient (Wildman–Crippen LogP) is 4.65. The van der Waals surface area contributed by atoms with Gasteiger partial charge in [-0.3, -0.25) is 4.79 Å². The van der Waals surface area contributed by atoms with Crippen LogP contribution >= 0.6 is 23.2 Å². The number of methoxy groups -OCH3 is 1. The van der Waals surface area contributed by atoms with Gasteiger partial charge in [0.1, 0.15) is 5.60 Å². The number of nitrogens with one attached hydrogen (secondary N) is 3. The van der Waals surface area contributed by atoms with Crippen molar-refractivity contribution in [2.45, 2.75) is 50.8 Å². The first-order valence-electron chi connectivity index (χ1n) is 11.1. The summed E-state index contributed by atoms with van der Waals surface area (Å²) in [6.07, 6.45) is -0.487. The number of carbonyl (C=O) groups excluding carboxylic acids is 3. The van der Waals surface area contributed by atoms with Crippen molar-refractivity contribution in [2.24, 2.45) is 0 Å². The molecule has 0 saturated carbocycles. The van der Waals surface area contributed by atoms with E-state index < -0.39 is 29.2 Å². The molecule has 1 aliphatic heterocycles. The van der Waals surface area contributed by atoms with Crippen LogP contribution in [-0.4, -0.2) is 42.8 Å². The van der Waals surface area contributed by atoms with Gasteiger partial charge in [0.2, 0.25) is 5.91 Å². The van der Waals surface area contributed by atoms with E-state index in [-0.39, 0.29) is 25.3 Å². The van der Waals surface area contributed by atoms with Crippen molar-refractivity contribution in [1.29, 1.82) is 0 Å². The molecule has 188 valence electrons. The smallest absolute Gasteiger partial charge is 0.407 e. The van der Waals surface area contributed by atoms with Crippen LogP contribution in [0.15, 0.2) is 42.5 Å². The lowest BCUT2D eigenvalue weighted by molar-refractivity contribution is -0.146. The number of amides is 2. The molecule has 1 aliphatic rings. The number of carbonyl (C=O) groups is 3. The molecule has 0 unspecified atom stereocenters. The summed E-state index contributed by atoms with van der Waals surface area (Å²) >= 11 is 12.7. The van der Waals surface area contributed by atoms with E-state index in [1.807, 2.05) is 30.3 Å². The van der Waals surface area contributed by atoms with Gasteiger partial charge < -0.3 is 25.4 Å². The highest BCUT2D eigenvalue weighted by Gasteiger charge is 2.47. The summed E-state index contributed by atoms with van der Waals surface area (Å²) in [5, 5.41) is 9.45. The summed E-state index contributed by atoms with van der Waals surface area (Å²) in [5.74, 6) is -0.878. The summed E-state index contributed by atoms with van der Waals surface area (Å²) in [7, 11) is 1.25. The predicted molar refractivity (Wildman–Crippen MR) is 135 cm³/mol. The molecule has 0 spiro atoms. The quantitative estimate of drug-likeness (QED) is 0.478. The fraction of sp³-hybridized carbons (Fsp3) is 0.400. The highest BCUT2D eigenvalue weighted by atomic mass is 35.5. The second-order valence-electron chi connectivity index (χ2n) is 9.39. The van der Waals surface area contributed by atoms with Gasteiger partial charge >= 0.3 is 12.1 Å². The van der Waals surface area contributed by atoms with E-state index in [0.29, 0.717) is 21.3 Å². The molecule has 2 amide bonds. The van der Waals surface area contributed by atoms with Crippen LogP contribution in [0.25, 0.3) is 0 Å². The molecule has 2 aromatic rings. The SMILES string of the molecule is COC(=O)[C@]1(CNC(=O)OC(C)(C)C)C[C@@H](NC(=O)Cc2ccccc2)c2c(Cl)cc(Cl)cc2N1. The molecule has 1 heterocycles. The lowest BCUT2D eigenvalue weighted by Gasteiger charge is -2.42. The van der Waals surface area contributed by atoms with Gasteiger partial charge in [0.15, 0.2) is 5.54 Å². The fourth-order valence-corrected chi connectivity index (χ4v) is 4.63. The average Bonchev–Trinajstić information content (AvgIpc) is 2.76. The van der Waals surface area contributed by atoms with Crippen molar-refractivity contribution in [3.8, 4) is 0 Å². The third kappa shape index (κ3) is 6.80. The van der Waals surface area contributed by atoms with E-state index in [4.69, 9.17) is 32.7 Å². The van der Waals surface area contributed by atoms with Crippen LogP contribution in [0.2, 0.25) is 10.0 Å². The monoisotopic (exact) mass is 521 g/mol. The van der Waals surface area contributed by atoms with Crippen LogP contribution in [0.1, 0.15) is 44.4 Å². The minimum absolute atomic E-state index is 0.0599. The van der Waals surface area contributed by atoms with Crippen LogP contribution in [0.3, 0.4) is 0 Å². The van der Waals surface area contributed by atoms with Crippen molar-refractivity contribution in [3.63, 3.8) is 0 Å². The summed E-state index contributed by atoms with van der Waals surface area (Å²) in [5.41, 5.74) is -0.252. The van der Waals surface area contributed by atoms with Gasteiger partial charge in [0, 0.05) is 27.7 Å². The molecule has 3 rings (SSSR count). The number of ether oxygens (including phenoxy) is 2. The molecular weight excluding hydrogens is 493 g/mol. The summed E-state index contributed by atoms with van der Waals surface area (Å²) < 4.78 is 10.4. The van der Waals surface area contributed by atoms with E-state index in [2.05, 4.69) is 16.0 Å². The standard InChI is InChI=1S/C25H29Cl2N3O5/c1-24(2,3)35-23(33)28-14-25(22(32)34-4)13-19(21-17(27)11-16(26)12-18(21)30-25)29-20(31)10-15-8-6-5-7-9-15/h5-9,11-12,19,30H,10,13-14H2,1-4H3,(H,28,33)(H,29,31)/t19-,25-/m1/s1. The normalized spacial score (nSPS) is 19.1. The Balaban J connectivity index is 1.92. The Morgan fingerprint density at radius 2 is 1.83 bits per heavy atom. The molecular formula is C25H29Cl2N3O5. The van der Waals surface area contributed by atoms with Crippen LogP contribution in [-0.2, 0) is 25.5 Å². The molecule has 0 aliphatic carbocycles. The highest BCUT2D eigenvalue weighted by Crippen LogP contribution is 2.43. The first-order valence-corrected chi connectivity index (χ1v) is 11.8. The third-order valence-electron chi connectivity index (χ3n) is 5.42. The minimum Gasteiger partial charge on any atom is -0.467 e. The molecule has 10 heteroatoms. The number of hydrogen-bond acceptors (Lipinski definition) is 6. The van der Waals surface area contributed by atoms with E-state index in [9.17, 15) is 14.4 Å². The Kier molecular flexibility index (Phi) is 8.18. The molecule has 0 bridgehead atoms. The molecule has 2 aromatic carbocycles. The second kappa shape index (κ2) is 10.7. The van der Waals surface area contributed by atoms with Gasteiger partial charge in [-0.15, -0.1) is 0 Å². The number of anilines is 1. The maximum Gasteiger partial charge on any atom is 0.407 e. The average molecular weight is 522 g/mol. The van der Waals surface area contributed by atoms with Crippen LogP contribution in [0.5, 0.6) is 0 Å². The zero-order chi connectivity index (χ0) is 25.8. The van der Waals surface area contributed by atoms with Crippen molar-refractivity contribution in [3.05, 3.63) is 63.6 Å². The summed E-state index contributed by atoms with van der Waals surface area (Å²) in [6.45, 7) is 5.05. The Bertz CT molecular complexity index is 1100. The van der Waals surface area contributed by atoms with Crippen molar-refractivity contribution in [1.82, 2.24) is 10.6 Å². The number of alkyl carbamates (subject to hydrolysis) is 1. The Morgan fingerprint density at radius 1 is 1.14 bits per heavy atom. The Labute approximate surface area is 214 Å². The van der Waals surface area contributed by atoms with Gasteiger partial charge in [0.05, 0.1) is 26.1 Å². The third-order valence-corrected chi connectivity index (χ3v) is 5.95. The number of halogens is 2. The highest BCUT2D eigenvalue weighted by molar-refractivity contribution is 6.35. The van der Waals surface area contributed by atoms with Crippen molar-refractivity contribution >= 4 is 46.9 Å². The number of esters is 1. The maximum absolute atomic E-state index is 13.0. The van der Waals surface area contributed by atoms with Crippen molar-refractivity contribution < 1.29 is 23.9 Å². The first kappa shape index (κ1) is 26.6. The molecule has 0 fully saturated rings. The van der Waals surface area contributed by atoms with Crippen LogP contribution < -0.4 is 16.0 Å². The summed E-state index contributed by atoms with van der Waals surface area (Å²) in [4.78, 5) is 38.3. The van der Waals surface area contributed by atoms with E-state index >= 15 is 0 Å². The number of benzene rings is 2. The van der Waals surface area contributed by atoms with Gasteiger partial charge in [-0.1, -0.05) is 53.5 Å². The molecule has 3 N–H and O–H groups in total. The van der Waals surface area contributed by atoms with Crippen LogP contribution in [0, 0.1) is 0 Å². The minimum atomic E-state index is -1.42. The van der Waals surface area contributed by atoms with Gasteiger partial charge in [-0.25, -0.2) is 9.59 Å². The maximum atomic E-state index is 13.0. The van der Waals surface area contributed by atoms with Crippen LogP contribution in [0.4, 0.5) is 10.5 Å². The van der Waals surface area contributed by atoms with Crippen molar-refractivity contribution in [2.75, 3.05) is 19.0 Å². The Hall–Kier alpha value is -2.97.